The summed E-state index contributed by atoms with van der Waals surface area (Å²) >= 11 is 0. The number of unbranched alkanes of at least 4 members (excludes halogenated alkanes) is 2. The Morgan fingerprint density at radius 2 is 1.94 bits per heavy atom. The van der Waals surface area contributed by atoms with Crippen LogP contribution in [-0.2, 0) is 10.2 Å². The molecule has 1 amide bonds. The third-order valence-electron chi connectivity index (χ3n) is 3.28. The normalized spacial score (nSPS) is 14.2. The molecule has 94 valence electrons. The van der Waals surface area contributed by atoms with Crippen LogP contribution >= 0.6 is 0 Å². The third kappa shape index (κ3) is 3.07. The second kappa shape index (κ2) is 6.40. The average molecular weight is 235 g/mol. The molecule has 1 rings (SSSR count). The lowest BCUT2D eigenvalue weighted by molar-refractivity contribution is -0.125. The highest BCUT2D eigenvalue weighted by molar-refractivity contribution is 5.86. The highest BCUT2D eigenvalue weighted by Gasteiger charge is 2.37. The van der Waals surface area contributed by atoms with Gasteiger partial charge in [0.1, 0.15) is 0 Å². The zero-order chi connectivity index (χ0) is 12.7. The number of benzene rings is 1. The second-order valence-electron chi connectivity index (χ2n) is 4.43. The van der Waals surface area contributed by atoms with Gasteiger partial charge < -0.3 is 10.8 Å². The summed E-state index contributed by atoms with van der Waals surface area (Å²) in [6, 6.07) is 9.32. The van der Waals surface area contributed by atoms with Gasteiger partial charge >= 0.3 is 0 Å². The zero-order valence-electron chi connectivity index (χ0n) is 10.4. The molecule has 1 aromatic carbocycles. The van der Waals surface area contributed by atoms with Gasteiger partial charge in [0.25, 0.3) is 0 Å². The number of carbonyl (C=O) groups excluding carboxylic acids is 1. The number of primary amides is 1. The summed E-state index contributed by atoms with van der Waals surface area (Å²) in [7, 11) is 0. The molecule has 17 heavy (non-hydrogen) atoms. The molecule has 0 aromatic heterocycles. The number of hydrogen-bond acceptors (Lipinski definition) is 2. The number of carbonyl (C=O) groups is 1. The Morgan fingerprint density at radius 1 is 1.29 bits per heavy atom. The second-order valence-corrected chi connectivity index (χ2v) is 4.43. The molecule has 1 atom stereocenters. The van der Waals surface area contributed by atoms with Crippen LogP contribution in [0.1, 0.15) is 38.2 Å². The summed E-state index contributed by atoms with van der Waals surface area (Å²) in [5.74, 6) is -0.442. The Morgan fingerprint density at radius 3 is 2.41 bits per heavy atom. The van der Waals surface area contributed by atoms with Gasteiger partial charge in [0.05, 0.1) is 12.0 Å². The third-order valence-corrected chi connectivity index (χ3v) is 3.28. The van der Waals surface area contributed by atoms with Crippen molar-refractivity contribution >= 4 is 5.91 Å². The van der Waals surface area contributed by atoms with Crippen LogP contribution in [0.5, 0.6) is 0 Å². The molecule has 0 aliphatic heterocycles. The van der Waals surface area contributed by atoms with Gasteiger partial charge in [-0.05, 0) is 12.0 Å². The highest BCUT2D eigenvalue weighted by atomic mass is 16.3. The van der Waals surface area contributed by atoms with Crippen LogP contribution < -0.4 is 5.73 Å². The lowest BCUT2D eigenvalue weighted by Gasteiger charge is -2.29. The standard InChI is InChI=1S/C14H21NO2/c1-2-3-7-10-14(11-16,13(15)17)12-8-5-4-6-9-12/h4-6,8-9,16H,2-3,7,10-11H2,1H3,(H2,15,17). The first-order chi connectivity index (χ1) is 8.17. The van der Waals surface area contributed by atoms with Gasteiger partial charge in [-0.25, -0.2) is 0 Å². The minimum Gasteiger partial charge on any atom is -0.395 e. The van der Waals surface area contributed by atoms with Crippen molar-refractivity contribution < 1.29 is 9.90 Å². The molecule has 0 saturated carbocycles. The number of hydrogen-bond donors (Lipinski definition) is 2. The van der Waals surface area contributed by atoms with Crippen LogP contribution in [-0.4, -0.2) is 17.6 Å². The van der Waals surface area contributed by atoms with E-state index >= 15 is 0 Å². The smallest absolute Gasteiger partial charge is 0.230 e. The number of aliphatic hydroxyl groups is 1. The molecular weight excluding hydrogens is 214 g/mol. The molecule has 0 bridgehead atoms. The maximum absolute atomic E-state index is 11.7. The van der Waals surface area contributed by atoms with Crippen molar-refractivity contribution in [2.75, 3.05) is 6.61 Å². The average Bonchev–Trinajstić information content (AvgIpc) is 2.36. The van der Waals surface area contributed by atoms with E-state index in [0.29, 0.717) is 6.42 Å². The summed E-state index contributed by atoms with van der Waals surface area (Å²) < 4.78 is 0. The van der Waals surface area contributed by atoms with Crippen molar-refractivity contribution in [2.45, 2.75) is 38.0 Å². The first kappa shape index (κ1) is 13.7. The summed E-state index contributed by atoms with van der Waals surface area (Å²) in [6.07, 6.45) is 3.63. The molecule has 0 fully saturated rings. The van der Waals surface area contributed by atoms with Crippen LogP contribution in [0.2, 0.25) is 0 Å². The summed E-state index contributed by atoms with van der Waals surface area (Å²) in [5, 5.41) is 9.60. The molecule has 1 aromatic rings. The van der Waals surface area contributed by atoms with Gasteiger partial charge in [-0.15, -0.1) is 0 Å². The van der Waals surface area contributed by atoms with E-state index in [-0.39, 0.29) is 6.61 Å². The van der Waals surface area contributed by atoms with Gasteiger partial charge in [0.2, 0.25) is 5.91 Å². The van der Waals surface area contributed by atoms with Crippen molar-refractivity contribution in [3.8, 4) is 0 Å². The van der Waals surface area contributed by atoms with Gasteiger partial charge in [-0.2, -0.15) is 0 Å². The van der Waals surface area contributed by atoms with Crippen LogP contribution in [0.3, 0.4) is 0 Å². The Balaban J connectivity index is 2.97. The molecule has 1 unspecified atom stereocenters. The molecule has 0 heterocycles. The van der Waals surface area contributed by atoms with Crippen LogP contribution in [0.4, 0.5) is 0 Å². The Labute approximate surface area is 103 Å². The van der Waals surface area contributed by atoms with E-state index in [9.17, 15) is 9.90 Å². The molecule has 3 heteroatoms. The quantitative estimate of drug-likeness (QED) is 0.710. The van der Waals surface area contributed by atoms with E-state index in [0.717, 1.165) is 24.8 Å². The SMILES string of the molecule is CCCCCC(CO)(C(N)=O)c1ccccc1. The fourth-order valence-electron chi connectivity index (χ4n) is 2.09. The van der Waals surface area contributed by atoms with Crippen LogP contribution in [0.15, 0.2) is 30.3 Å². The summed E-state index contributed by atoms with van der Waals surface area (Å²) in [5.41, 5.74) is 5.39. The summed E-state index contributed by atoms with van der Waals surface area (Å²) in [4.78, 5) is 11.7. The predicted octanol–water partition coefficient (Wildman–Crippen LogP) is 1.98. The van der Waals surface area contributed by atoms with Gasteiger partial charge in [0.15, 0.2) is 0 Å². The number of rotatable bonds is 7. The van der Waals surface area contributed by atoms with Gasteiger partial charge in [-0.1, -0.05) is 56.5 Å². The molecule has 3 N–H and O–H groups in total. The fourth-order valence-corrected chi connectivity index (χ4v) is 2.09. The van der Waals surface area contributed by atoms with Crippen molar-refractivity contribution in [1.29, 1.82) is 0 Å². The summed E-state index contributed by atoms with van der Waals surface area (Å²) in [6.45, 7) is 1.88. The topological polar surface area (TPSA) is 63.3 Å². The van der Waals surface area contributed by atoms with E-state index in [4.69, 9.17) is 5.73 Å². The number of nitrogens with two attached hydrogens (primary N) is 1. The van der Waals surface area contributed by atoms with Gasteiger partial charge in [-0.3, -0.25) is 4.79 Å². The monoisotopic (exact) mass is 235 g/mol. The molecule has 0 saturated heterocycles. The fraction of sp³-hybridized carbons (Fsp3) is 0.500. The van der Waals surface area contributed by atoms with Crippen molar-refractivity contribution in [3.05, 3.63) is 35.9 Å². The minimum absolute atomic E-state index is 0.226. The lowest BCUT2D eigenvalue weighted by atomic mass is 9.76. The molecule has 0 spiro atoms. The largest absolute Gasteiger partial charge is 0.395 e. The molecule has 0 aliphatic carbocycles. The minimum atomic E-state index is -0.920. The van der Waals surface area contributed by atoms with Crippen molar-refractivity contribution in [2.24, 2.45) is 5.73 Å². The number of aliphatic hydroxyl groups excluding tert-OH is 1. The first-order valence-electron chi connectivity index (χ1n) is 6.13. The maximum Gasteiger partial charge on any atom is 0.230 e. The predicted molar refractivity (Wildman–Crippen MR) is 68.5 cm³/mol. The van der Waals surface area contributed by atoms with Crippen LogP contribution in [0, 0.1) is 0 Å². The van der Waals surface area contributed by atoms with Crippen LogP contribution in [0.25, 0.3) is 0 Å². The van der Waals surface area contributed by atoms with E-state index < -0.39 is 11.3 Å². The maximum atomic E-state index is 11.7. The Kier molecular flexibility index (Phi) is 5.16. The Bertz CT molecular complexity index is 350. The molecule has 0 radical (unpaired) electrons. The molecule has 3 nitrogen and oxygen atoms in total. The zero-order valence-corrected chi connectivity index (χ0v) is 10.4. The van der Waals surface area contributed by atoms with Gasteiger partial charge in [0, 0.05) is 0 Å². The first-order valence-corrected chi connectivity index (χ1v) is 6.13. The van der Waals surface area contributed by atoms with Crippen molar-refractivity contribution in [3.63, 3.8) is 0 Å². The number of amides is 1. The molecular formula is C14H21NO2. The van der Waals surface area contributed by atoms with Crippen molar-refractivity contribution in [1.82, 2.24) is 0 Å². The van der Waals surface area contributed by atoms with E-state index in [1.54, 1.807) is 0 Å². The molecule has 0 aliphatic rings. The highest BCUT2D eigenvalue weighted by Crippen LogP contribution is 2.29. The van der Waals surface area contributed by atoms with E-state index in [1.165, 1.54) is 0 Å². The Hall–Kier alpha value is -1.35. The lowest BCUT2D eigenvalue weighted by Crippen LogP contribution is -2.44. The van der Waals surface area contributed by atoms with E-state index in [2.05, 4.69) is 6.92 Å². The van der Waals surface area contributed by atoms with E-state index in [1.807, 2.05) is 30.3 Å².